The van der Waals surface area contributed by atoms with Crippen LogP contribution in [0.3, 0.4) is 0 Å². The average Bonchev–Trinajstić information content (AvgIpc) is 2.90. The predicted octanol–water partition coefficient (Wildman–Crippen LogP) is 1.66. The highest BCUT2D eigenvalue weighted by atomic mass is 32.2. The van der Waals surface area contributed by atoms with E-state index in [2.05, 4.69) is 19.9 Å². The first kappa shape index (κ1) is 13.9. The molecule has 23 heavy (non-hydrogen) atoms. The van der Waals surface area contributed by atoms with Crippen LogP contribution in [0.4, 0.5) is 5.95 Å². The molecular formula is C15H12N6OS. The van der Waals surface area contributed by atoms with Gasteiger partial charge in [-0.05, 0) is 24.3 Å². The zero-order valence-corrected chi connectivity index (χ0v) is 13.0. The van der Waals surface area contributed by atoms with E-state index in [1.165, 1.54) is 0 Å². The molecule has 0 aliphatic heterocycles. The molecule has 0 spiro atoms. The molecule has 0 bridgehead atoms. The Bertz CT molecular complexity index is 1030. The second kappa shape index (κ2) is 5.18. The van der Waals surface area contributed by atoms with Crippen molar-refractivity contribution in [1.82, 2.24) is 24.3 Å². The second-order valence-corrected chi connectivity index (χ2v) is 6.23. The van der Waals surface area contributed by atoms with Crippen LogP contribution in [0.15, 0.2) is 48.0 Å². The van der Waals surface area contributed by atoms with E-state index in [1.54, 1.807) is 35.3 Å². The van der Waals surface area contributed by atoms with E-state index in [4.69, 9.17) is 5.73 Å². The number of hydrogen-bond donors (Lipinski definition) is 1. The van der Waals surface area contributed by atoms with Gasteiger partial charge in [0.05, 0.1) is 11.2 Å². The van der Waals surface area contributed by atoms with Gasteiger partial charge < -0.3 is 10.3 Å². The van der Waals surface area contributed by atoms with Crippen molar-refractivity contribution in [2.75, 3.05) is 12.0 Å². The van der Waals surface area contributed by atoms with Gasteiger partial charge in [0.15, 0.2) is 0 Å². The van der Waals surface area contributed by atoms with Gasteiger partial charge in [-0.1, -0.05) is 0 Å². The smallest absolute Gasteiger partial charge is 0.342 e. The van der Waals surface area contributed by atoms with E-state index in [0.29, 0.717) is 22.4 Å². The van der Waals surface area contributed by atoms with Crippen molar-refractivity contribution in [3.63, 3.8) is 0 Å². The number of hydrogen-bond acceptors (Lipinski definition) is 6. The van der Waals surface area contributed by atoms with E-state index in [1.807, 2.05) is 18.2 Å². The zero-order valence-electron chi connectivity index (χ0n) is 12.2. The molecule has 114 valence electrons. The third-order valence-corrected chi connectivity index (χ3v) is 4.29. The quantitative estimate of drug-likeness (QED) is 0.444. The van der Waals surface area contributed by atoms with Crippen LogP contribution in [0.1, 0.15) is 0 Å². The molecule has 1 unspecified atom stereocenters. The highest BCUT2D eigenvalue weighted by molar-refractivity contribution is 7.90. The maximum Gasteiger partial charge on any atom is 0.342 e. The Balaban J connectivity index is 2.14. The molecule has 0 amide bonds. The Morgan fingerprint density at radius 3 is 2.74 bits per heavy atom. The minimum absolute atomic E-state index is 0.293. The summed E-state index contributed by atoms with van der Waals surface area (Å²) in [5.41, 5.74) is 9.13. The molecule has 0 saturated heterocycles. The van der Waals surface area contributed by atoms with Gasteiger partial charge in [0.25, 0.3) is 0 Å². The van der Waals surface area contributed by atoms with Crippen LogP contribution in [0.25, 0.3) is 27.8 Å². The van der Waals surface area contributed by atoms with Crippen molar-refractivity contribution in [2.24, 2.45) is 0 Å². The first-order valence-electron chi connectivity index (χ1n) is 6.83. The van der Waals surface area contributed by atoms with Gasteiger partial charge in [0.2, 0.25) is 5.95 Å². The van der Waals surface area contributed by atoms with Crippen molar-refractivity contribution in [2.45, 2.75) is 5.16 Å². The van der Waals surface area contributed by atoms with Crippen molar-refractivity contribution in [3.8, 4) is 11.3 Å². The summed E-state index contributed by atoms with van der Waals surface area (Å²) in [6, 6.07) is 7.45. The van der Waals surface area contributed by atoms with Crippen molar-refractivity contribution < 1.29 is 4.55 Å². The molecule has 0 aliphatic rings. The summed E-state index contributed by atoms with van der Waals surface area (Å²) in [4.78, 5) is 17.0. The Kier molecular flexibility index (Phi) is 3.14. The van der Waals surface area contributed by atoms with Crippen LogP contribution < -0.4 is 5.73 Å². The van der Waals surface area contributed by atoms with Crippen LogP contribution in [0.2, 0.25) is 0 Å². The van der Waals surface area contributed by atoms with Crippen LogP contribution in [-0.2, 0) is 11.2 Å². The first-order chi connectivity index (χ1) is 11.2. The number of aromatic nitrogens is 5. The summed E-state index contributed by atoms with van der Waals surface area (Å²) in [6.07, 6.45) is 6.51. The monoisotopic (exact) mass is 324 g/mol. The Labute approximate surface area is 134 Å². The normalized spacial score (nSPS) is 12.8. The van der Waals surface area contributed by atoms with E-state index in [-0.39, 0.29) is 0 Å². The predicted molar refractivity (Wildman–Crippen MR) is 88.3 cm³/mol. The van der Waals surface area contributed by atoms with Gasteiger partial charge in [0.1, 0.15) is 11.9 Å². The van der Waals surface area contributed by atoms with Gasteiger partial charge in [-0.25, -0.2) is 9.97 Å². The standard InChI is InChI=1S/C15H12N6OS/c1-23(22)15-19-7-4-10(20-15)12-9-3-2-6-17-13(9)21-11(12)5-8-18-14(21)16/h2-8H,1H3,(H2,16,18). The summed E-state index contributed by atoms with van der Waals surface area (Å²) in [5.74, 6) is 0.353. The van der Waals surface area contributed by atoms with Crippen molar-refractivity contribution in [3.05, 3.63) is 42.9 Å². The lowest BCUT2D eigenvalue weighted by atomic mass is 10.1. The largest absolute Gasteiger partial charge is 0.609 e. The topological polar surface area (TPSA) is 105 Å². The molecular weight excluding hydrogens is 312 g/mol. The molecule has 8 heteroatoms. The third-order valence-electron chi connectivity index (χ3n) is 3.58. The molecule has 4 heterocycles. The Morgan fingerprint density at radius 2 is 1.91 bits per heavy atom. The van der Waals surface area contributed by atoms with Crippen LogP contribution >= 0.6 is 0 Å². The molecule has 0 aliphatic carbocycles. The van der Waals surface area contributed by atoms with Crippen LogP contribution in [0.5, 0.6) is 0 Å². The summed E-state index contributed by atoms with van der Waals surface area (Å²) < 4.78 is 13.5. The third kappa shape index (κ3) is 2.11. The van der Waals surface area contributed by atoms with Crippen molar-refractivity contribution in [1.29, 1.82) is 0 Å². The maximum atomic E-state index is 11.7. The first-order valence-corrected chi connectivity index (χ1v) is 8.39. The molecule has 4 rings (SSSR count). The van der Waals surface area contributed by atoms with E-state index >= 15 is 0 Å². The minimum atomic E-state index is -1.25. The lowest BCUT2D eigenvalue weighted by molar-refractivity contribution is 0.592. The number of fused-ring (bicyclic) bond motifs is 3. The summed E-state index contributed by atoms with van der Waals surface area (Å²) in [7, 11) is 0. The minimum Gasteiger partial charge on any atom is -0.609 e. The number of rotatable bonds is 2. The highest BCUT2D eigenvalue weighted by Gasteiger charge is 2.19. The lowest BCUT2D eigenvalue weighted by Crippen LogP contribution is -2.04. The molecule has 1 atom stereocenters. The maximum absolute atomic E-state index is 11.7. The summed E-state index contributed by atoms with van der Waals surface area (Å²) in [5, 5.41) is 1.19. The summed E-state index contributed by atoms with van der Waals surface area (Å²) >= 11 is -1.25. The summed E-state index contributed by atoms with van der Waals surface area (Å²) in [6.45, 7) is 0. The fourth-order valence-electron chi connectivity index (χ4n) is 2.65. The average molecular weight is 324 g/mol. The van der Waals surface area contributed by atoms with Crippen LogP contribution in [0, 0.1) is 0 Å². The highest BCUT2D eigenvalue weighted by Crippen LogP contribution is 2.34. The molecule has 0 radical (unpaired) electrons. The second-order valence-electron chi connectivity index (χ2n) is 4.95. The Hall–Kier alpha value is -2.71. The number of nitrogens with two attached hydrogens (primary N) is 1. The Morgan fingerprint density at radius 1 is 1.09 bits per heavy atom. The molecule has 4 aromatic rings. The van der Waals surface area contributed by atoms with Gasteiger partial charge in [-0.3, -0.25) is 4.40 Å². The zero-order chi connectivity index (χ0) is 16.0. The fraction of sp³-hybridized carbons (Fsp3) is 0.0667. The van der Waals surface area contributed by atoms with Gasteiger partial charge in [0, 0.05) is 40.7 Å². The molecule has 0 aromatic carbocycles. The SMILES string of the molecule is C[S+]([O-])c1nccc(-c2c3cccnc3n3c(N)nccc23)n1. The fourth-order valence-corrected chi connectivity index (χ4v) is 3.09. The molecule has 0 fully saturated rings. The van der Waals surface area contributed by atoms with Gasteiger partial charge in [-0.2, -0.15) is 9.97 Å². The number of pyridine rings is 1. The molecule has 0 saturated carbocycles. The van der Waals surface area contributed by atoms with Gasteiger partial charge >= 0.3 is 5.16 Å². The molecule has 7 nitrogen and oxygen atoms in total. The number of anilines is 1. The molecule has 2 N–H and O–H groups in total. The number of nitrogen functional groups attached to an aromatic ring is 1. The van der Waals surface area contributed by atoms with Crippen molar-refractivity contribution >= 4 is 33.7 Å². The lowest BCUT2D eigenvalue weighted by Gasteiger charge is -2.04. The molecule has 4 aromatic heterocycles. The van der Waals surface area contributed by atoms with E-state index < -0.39 is 11.2 Å². The van der Waals surface area contributed by atoms with Crippen LogP contribution in [-0.4, -0.2) is 35.1 Å². The van der Waals surface area contributed by atoms with E-state index in [9.17, 15) is 4.55 Å². The number of nitrogens with zero attached hydrogens (tertiary/aromatic N) is 5. The van der Waals surface area contributed by atoms with Gasteiger partial charge in [-0.15, -0.1) is 0 Å². The van der Waals surface area contributed by atoms with E-state index in [0.717, 1.165) is 16.5 Å².